The van der Waals surface area contributed by atoms with Crippen molar-refractivity contribution in [3.63, 3.8) is 0 Å². The molecule has 162 valence electrons. The van der Waals surface area contributed by atoms with Gasteiger partial charge in [0.1, 0.15) is 6.54 Å². The number of nitrogens with zero attached hydrogens (tertiary/aromatic N) is 2. The Morgan fingerprint density at radius 2 is 1.93 bits per heavy atom. The van der Waals surface area contributed by atoms with Gasteiger partial charge in [0.05, 0.1) is 11.7 Å². The second kappa shape index (κ2) is 11.5. The summed E-state index contributed by atoms with van der Waals surface area (Å²) in [5, 5.41) is 6.98. The number of nitrogens with one attached hydrogen (secondary N) is 2. The third-order valence-corrected chi connectivity index (χ3v) is 5.99. The van der Waals surface area contributed by atoms with Crippen molar-refractivity contribution >= 4 is 35.8 Å². The summed E-state index contributed by atoms with van der Waals surface area (Å²) in [5.41, 5.74) is 0.0489. The minimum absolute atomic E-state index is 0. The quantitative estimate of drug-likeness (QED) is 0.339. The molecule has 0 aromatic carbocycles. The smallest absolute Gasteiger partial charge is 0.243 e. The lowest BCUT2D eigenvalue weighted by Gasteiger charge is -2.44. The van der Waals surface area contributed by atoms with Crippen molar-refractivity contribution in [2.24, 2.45) is 4.99 Å². The second-order valence-corrected chi connectivity index (χ2v) is 8.40. The number of likely N-dealkylation sites (N-methyl/N-ethyl adjacent to an activating group) is 1. The first-order valence-electron chi connectivity index (χ1n) is 10.6. The Bertz CT molecular complexity index is 512. The second-order valence-electron chi connectivity index (χ2n) is 8.40. The molecule has 1 spiro atoms. The van der Waals surface area contributed by atoms with Crippen molar-refractivity contribution in [2.45, 2.75) is 75.5 Å². The van der Waals surface area contributed by atoms with Gasteiger partial charge in [0.25, 0.3) is 0 Å². The molecule has 0 bridgehead atoms. The van der Waals surface area contributed by atoms with Crippen LogP contribution in [-0.2, 0) is 14.3 Å². The molecule has 0 radical (unpaired) electrons. The lowest BCUT2D eigenvalue weighted by molar-refractivity contribution is -0.127. The van der Waals surface area contributed by atoms with Gasteiger partial charge in [0, 0.05) is 39.9 Å². The summed E-state index contributed by atoms with van der Waals surface area (Å²) >= 11 is 0. The van der Waals surface area contributed by atoms with Gasteiger partial charge in [0.2, 0.25) is 5.91 Å². The summed E-state index contributed by atoms with van der Waals surface area (Å²) in [6.45, 7) is 2.53. The Labute approximate surface area is 186 Å². The van der Waals surface area contributed by atoms with E-state index >= 15 is 0 Å². The van der Waals surface area contributed by atoms with Crippen molar-refractivity contribution in [3.05, 3.63) is 0 Å². The molecule has 3 fully saturated rings. The summed E-state index contributed by atoms with van der Waals surface area (Å²) in [5.74, 6) is 0.725. The van der Waals surface area contributed by atoms with Gasteiger partial charge in [-0.15, -0.1) is 24.0 Å². The van der Waals surface area contributed by atoms with E-state index in [0.717, 1.165) is 51.4 Å². The average Bonchev–Trinajstić information content (AvgIpc) is 3.18. The molecule has 7 nitrogen and oxygen atoms in total. The fourth-order valence-corrected chi connectivity index (χ4v) is 4.35. The molecule has 28 heavy (non-hydrogen) atoms. The van der Waals surface area contributed by atoms with E-state index in [1.165, 1.54) is 32.1 Å². The first-order valence-corrected chi connectivity index (χ1v) is 10.6. The van der Waals surface area contributed by atoms with E-state index in [-0.39, 0.29) is 48.1 Å². The van der Waals surface area contributed by atoms with Crippen LogP contribution in [-0.4, -0.2) is 74.9 Å². The lowest BCUT2D eigenvalue weighted by atomic mass is 9.78. The topological polar surface area (TPSA) is 75.2 Å². The average molecular weight is 508 g/mol. The maximum Gasteiger partial charge on any atom is 0.243 e. The molecule has 1 saturated carbocycles. The molecular formula is C20H37IN4O3. The summed E-state index contributed by atoms with van der Waals surface area (Å²) < 4.78 is 11.9. The third kappa shape index (κ3) is 7.02. The minimum atomic E-state index is 0. The normalized spacial score (nSPS) is 27.1. The predicted molar refractivity (Wildman–Crippen MR) is 121 cm³/mol. The largest absolute Gasteiger partial charge is 0.376 e. The van der Waals surface area contributed by atoms with E-state index < -0.39 is 0 Å². The number of rotatable bonds is 5. The molecule has 2 aliphatic heterocycles. The van der Waals surface area contributed by atoms with Crippen LogP contribution in [0.1, 0.15) is 57.8 Å². The number of carbonyl (C=O) groups is 1. The van der Waals surface area contributed by atoms with Crippen LogP contribution in [0.15, 0.2) is 4.99 Å². The molecule has 2 heterocycles. The molecule has 3 rings (SSSR count). The molecule has 8 heteroatoms. The van der Waals surface area contributed by atoms with Crippen molar-refractivity contribution in [1.82, 2.24) is 15.5 Å². The van der Waals surface area contributed by atoms with Gasteiger partial charge in [-0.2, -0.15) is 0 Å². The van der Waals surface area contributed by atoms with Crippen LogP contribution in [0, 0.1) is 0 Å². The first-order chi connectivity index (χ1) is 13.1. The molecule has 1 aliphatic carbocycles. The van der Waals surface area contributed by atoms with Crippen LogP contribution < -0.4 is 10.6 Å². The van der Waals surface area contributed by atoms with E-state index in [2.05, 4.69) is 15.6 Å². The predicted octanol–water partition coefficient (Wildman–Crippen LogP) is 2.29. The highest BCUT2D eigenvalue weighted by Crippen LogP contribution is 2.38. The first kappa shape index (κ1) is 23.7. The Morgan fingerprint density at radius 1 is 1.14 bits per heavy atom. The zero-order valence-electron chi connectivity index (χ0n) is 17.4. The number of hydrogen-bond donors (Lipinski definition) is 2. The van der Waals surface area contributed by atoms with Crippen LogP contribution in [0.4, 0.5) is 0 Å². The van der Waals surface area contributed by atoms with Crippen molar-refractivity contribution in [3.8, 4) is 0 Å². The van der Waals surface area contributed by atoms with Crippen LogP contribution in [0.3, 0.4) is 0 Å². The fraction of sp³-hybridized carbons (Fsp3) is 0.900. The Hall–Kier alpha value is -0.610. The molecule has 2 unspecified atom stereocenters. The van der Waals surface area contributed by atoms with Gasteiger partial charge in [-0.3, -0.25) is 4.79 Å². The molecule has 2 atom stereocenters. The molecular weight excluding hydrogens is 471 g/mol. The minimum Gasteiger partial charge on any atom is -0.376 e. The van der Waals surface area contributed by atoms with E-state index in [1.54, 1.807) is 19.0 Å². The van der Waals surface area contributed by atoms with Crippen LogP contribution in [0.25, 0.3) is 0 Å². The molecule has 3 aliphatic rings. The number of amides is 1. The van der Waals surface area contributed by atoms with E-state index in [1.807, 2.05) is 0 Å². The Balaban J connectivity index is 0.00000280. The van der Waals surface area contributed by atoms with Crippen LogP contribution >= 0.6 is 24.0 Å². The molecule has 0 aromatic heterocycles. The number of ether oxygens (including phenoxy) is 2. The number of carbonyl (C=O) groups excluding carboxylic acids is 1. The summed E-state index contributed by atoms with van der Waals surface area (Å²) in [4.78, 5) is 18.1. The van der Waals surface area contributed by atoms with Crippen molar-refractivity contribution < 1.29 is 14.3 Å². The number of guanidine groups is 1. The van der Waals surface area contributed by atoms with E-state index in [0.29, 0.717) is 6.04 Å². The highest BCUT2D eigenvalue weighted by molar-refractivity contribution is 14.0. The zero-order chi connectivity index (χ0) is 19.1. The monoisotopic (exact) mass is 508 g/mol. The zero-order valence-corrected chi connectivity index (χ0v) is 19.7. The summed E-state index contributed by atoms with van der Waals surface area (Å²) in [6, 6.07) is 0.335. The highest BCUT2D eigenvalue weighted by Gasteiger charge is 2.38. The van der Waals surface area contributed by atoms with Crippen molar-refractivity contribution in [1.29, 1.82) is 0 Å². The molecule has 0 aromatic rings. The van der Waals surface area contributed by atoms with Gasteiger partial charge in [-0.1, -0.05) is 19.3 Å². The van der Waals surface area contributed by atoms with Crippen LogP contribution in [0.5, 0.6) is 0 Å². The van der Waals surface area contributed by atoms with Gasteiger partial charge >= 0.3 is 0 Å². The Kier molecular flexibility index (Phi) is 9.76. The highest BCUT2D eigenvalue weighted by atomic mass is 127. The number of aliphatic imine (C=N–C) groups is 1. The third-order valence-electron chi connectivity index (χ3n) is 5.99. The Morgan fingerprint density at radius 3 is 2.61 bits per heavy atom. The van der Waals surface area contributed by atoms with Crippen LogP contribution in [0.2, 0.25) is 0 Å². The fourth-order valence-electron chi connectivity index (χ4n) is 4.35. The maximum atomic E-state index is 12.0. The molecule has 1 amide bonds. The van der Waals surface area contributed by atoms with E-state index in [4.69, 9.17) is 9.47 Å². The standard InChI is InChI=1S/C20H36N4O3.HI/c1-24(2)18(25)15-22-19(21-14-17-7-6-11-26-17)23-16-8-12-27-20(13-16)9-4-3-5-10-20;/h16-17H,3-15H2,1-2H3,(H2,21,22,23);1H. The van der Waals surface area contributed by atoms with Gasteiger partial charge in [-0.05, 0) is 38.5 Å². The van der Waals surface area contributed by atoms with Gasteiger partial charge < -0.3 is 25.0 Å². The van der Waals surface area contributed by atoms with Crippen molar-refractivity contribution in [2.75, 3.05) is 40.4 Å². The van der Waals surface area contributed by atoms with Gasteiger partial charge in [-0.25, -0.2) is 4.99 Å². The number of halogens is 1. The van der Waals surface area contributed by atoms with E-state index in [9.17, 15) is 4.79 Å². The molecule has 2 saturated heterocycles. The summed E-state index contributed by atoms with van der Waals surface area (Å²) in [6.07, 6.45) is 10.6. The number of hydrogen-bond acceptors (Lipinski definition) is 4. The SMILES string of the molecule is CN(C)C(=O)CN=C(NCC1CCCO1)NC1CCOC2(CCCCC2)C1.I. The van der Waals surface area contributed by atoms with Gasteiger partial charge in [0.15, 0.2) is 5.96 Å². The maximum absolute atomic E-state index is 12.0. The lowest BCUT2D eigenvalue weighted by Crippen LogP contribution is -2.53. The molecule has 2 N–H and O–H groups in total. The summed E-state index contributed by atoms with van der Waals surface area (Å²) in [7, 11) is 3.52.